The Morgan fingerprint density at radius 3 is 2.76 bits per heavy atom. The van der Waals surface area contributed by atoms with Crippen molar-refractivity contribution in [2.24, 2.45) is 5.92 Å². The van der Waals surface area contributed by atoms with Gasteiger partial charge in [-0.3, -0.25) is 0 Å². The highest BCUT2D eigenvalue weighted by Gasteiger charge is 2.42. The van der Waals surface area contributed by atoms with Crippen LogP contribution in [0.4, 0.5) is 0 Å². The van der Waals surface area contributed by atoms with Gasteiger partial charge in [-0.05, 0) is 44.7 Å². The molecule has 0 aromatic heterocycles. The SMILES string of the molecule is C=CCO[C@H]1CC[C@H]2C[C@H](c3ccc(C)cc3)[C@@H]1CN2C. The average molecular weight is 285 g/mol. The molecule has 0 spiro atoms. The van der Waals surface area contributed by atoms with Crippen molar-refractivity contribution in [2.45, 2.75) is 44.2 Å². The molecule has 2 aliphatic heterocycles. The molecule has 4 rings (SSSR count). The smallest absolute Gasteiger partial charge is 0.0648 e. The molecule has 1 aromatic rings. The van der Waals surface area contributed by atoms with E-state index in [2.05, 4.69) is 49.7 Å². The summed E-state index contributed by atoms with van der Waals surface area (Å²) >= 11 is 0. The zero-order valence-electron chi connectivity index (χ0n) is 13.3. The first-order chi connectivity index (χ1) is 10.2. The Labute approximate surface area is 128 Å². The van der Waals surface area contributed by atoms with Crippen molar-refractivity contribution in [3.05, 3.63) is 48.0 Å². The lowest BCUT2D eigenvalue weighted by atomic mass is 9.77. The number of benzene rings is 1. The lowest BCUT2D eigenvalue weighted by Crippen LogP contribution is -2.44. The third-order valence-electron chi connectivity index (χ3n) is 5.36. The van der Waals surface area contributed by atoms with Crippen LogP contribution in [0.1, 0.15) is 36.3 Å². The standard InChI is InChI=1S/C19H27NO/c1-4-11-21-19-10-9-16-12-17(18(19)13-20(16)3)15-7-5-14(2)6-8-15/h4-8,16-19H,1,9-13H2,2-3H3/t16-,17+,18-,19-/m0/s1. The van der Waals surface area contributed by atoms with Gasteiger partial charge in [0.2, 0.25) is 0 Å². The quantitative estimate of drug-likeness (QED) is 0.781. The van der Waals surface area contributed by atoms with E-state index in [-0.39, 0.29) is 0 Å². The minimum Gasteiger partial charge on any atom is -0.374 e. The maximum atomic E-state index is 6.12. The van der Waals surface area contributed by atoms with Gasteiger partial charge in [-0.25, -0.2) is 0 Å². The van der Waals surface area contributed by atoms with Crippen LogP contribution in [0, 0.1) is 12.8 Å². The van der Waals surface area contributed by atoms with E-state index in [1.807, 2.05) is 6.08 Å². The minimum atomic E-state index is 0.379. The Morgan fingerprint density at radius 1 is 1.29 bits per heavy atom. The van der Waals surface area contributed by atoms with Crippen molar-refractivity contribution >= 4 is 0 Å². The highest BCUT2D eigenvalue weighted by molar-refractivity contribution is 5.26. The second-order valence-corrected chi connectivity index (χ2v) is 6.75. The van der Waals surface area contributed by atoms with Crippen molar-refractivity contribution in [2.75, 3.05) is 20.2 Å². The fourth-order valence-corrected chi connectivity index (χ4v) is 4.14. The zero-order chi connectivity index (χ0) is 14.8. The number of hydrogen-bond acceptors (Lipinski definition) is 2. The van der Waals surface area contributed by atoms with Gasteiger partial charge >= 0.3 is 0 Å². The summed E-state index contributed by atoms with van der Waals surface area (Å²) in [6, 6.07) is 9.86. The molecule has 2 nitrogen and oxygen atoms in total. The molecule has 1 aromatic carbocycles. The van der Waals surface area contributed by atoms with Gasteiger partial charge in [-0.1, -0.05) is 35.9 Å². The lowest BCUT2D eigenvalue weighted by Gasteiger charge is -2.41. The van der Waals surface area contributed by atoms with E-state index in [0.29, 0.717) is 30.6 Å². The number of rotatable bonds is 4. The van der Waals surface area contributed by atoms with Crippen molar-refractivity contribution < 1.29 is 4.74 Å². The third-order valence-corrected chi connectivity index (χ3v) is 5.36. The number of fused-ring (bicyclic) bond motifs is 4. The second-order valence-electron chi connectivity index (χ2n) is 6.75. The van der Waals surface area contributed by atoms with E-state index < -0.39 is 0 Å². The topological polar surface area (TPSA) is 12.5 Å². The van der Waals surface area contributed by atoms with Crippen molar-refractivity contribution in [1.29, 1.82) is 0 Å². The van der Waals surface area contributed by atoms with E-state index >= 15 is 0 Å². The maximum Gasteiger partial charge on any atom is 0.0648 e. The Bertz CT molecular complexity index is 481. The predicted molar refractivity (Wildman–Crippen MR) is 87.6 cm³/mol. The first kappa shape index (κ1) is 14.8. The zero-order valence-corrected chi connectivity index (χ0v) is 13.3. The summed E-state index contributed by atoms with van der Waals surface area (Å²) in [7, 11) is 2.28. The second kappa shape index (κ2) is 6.33. The summed E-state index contributed by atoms with van der Waals surface area (Å²) in [4.78, 5) is 2.55. The Kier molecular flexibility index (Phi) is 4.46. The molecule has 0 radical (unpaired) electrons. The predicted octanol–water partition coefficient (Wildman–Crippen LogP) is 3.76. The molecular formula is C19H27NO. The molecule has 0 amide bonds. The first-order valence-electron chi connectivity index (χ1n) is 8.18. The van der Waals surface area contributed by atoms with Gasteiger partial charge in [-0.15, -0.1) is 6.58 Å². The molecule has 114 valence electrons. The highest BCUT2D eigenvalue weighted by atomic mass is 16.5. The molecule has 4 atom stereocenters. The van der Waals surface area contributed by atoms with Gasteiger partial charge in [0.05, 0.1) is 12.7 Å². The van der Waals surface area contributed by atoms with Crippen LogP contribution in [-0.4, -0.2) is 37.2 Å². The molecule has 2 heteroatoms. The van der Waals surface area contributed by atoms with Crippen molar-refractivity contribution in [1.82, 2.24) is 4.90 Å². The summed E-state index contributed by atoms with van der Waals surface area (Å²) in [5, 5.41) is 0. The van der Waals surface area contributed by atoms with Crippen LogP contribution in [0.2, 0.25) is 0 Å². The van der Waals surface area contributed by atoms with E-state index in [4.69, 9.17) is 4.74 Å². The summed E-state index contributed by atoms with van der Waals surface area (Å²) in [5.41, 5.74) is 2.84. The molecule has 21 heavy (non-hydrogen) atoms. The molecule has 1 aliphatic carbocycles. The van der Waals surface area contributed by atoms with Gasteiger partial charge in [0, 0.05) is 18.5 Å². The monoisotopic (exact) mass is 285 g/mol. The fraction of sp³-hybridized carbons (Fsp3) is 0.579. The summed E-state index contributed by atoms with van der Waals surface area (Å²) in [6.07, 6.45) is 5.98. The summed E-state index contributed by atoms with van der Waals surface area (Å²) < 4.78 is 6.12. The summed E-state index contributed by atoms with van der Waals surface area (Å²) in [6.45, 7) is 7.79. The Balaban J connectivity index is 1.85. The molecule has 0 N–H and O–H groups in total. The molecule has 0 unspecified atom stereocenters. The van der Waals surface area contributed by atoms with Crippen LogP contribution in [0.3, 0.4) is 0 Å². The third kappa shape index (κ3) is 3.07. The maximum absolute atomic E-state index is 6.12. The Morgan fingerprint density at radius 2 is 2.05 bits per heavy atom. The minimum absolute atomic E-state index is 0.379. The van der Waals surface area contributed by atoms with Crippen molar-refractivity contribution in [3.8, 4) is 0 Å². The first-order valence-corrected chi connectivity index (χ1v) is 8.18. The molecule has 2 heterocycles. The van der Waals surface area contributed by atoms with Crippen LogP contribution in [0.15, 0.2) is 36.9 Å². The lowest BCUT2D eigenvalue weighted by molar-refractivity contribution is 0.00405. The normalized spacial score (nSPS) is 32.9. The van der Waals surface area contributed by atoms with Gasteiger partial charge < -0.3 is 9.64 Å². The number of ether oxygens (including phenoxy) is 1. The number of nitrogens with zero attached hydrogens (tertiary/aromatic N) is 1. The molecule has 2 bridgehead atoms. The highest BCUT2D eigenvalue weighted by Crippen LogP contribution is 2.43. The van der Waals surface area contributed by atoms with E-state index in [9.17, 15) is 0 Å². The van der Waals surface area contributed by atoms with E-state index in [1.54, 1.807) is 0 Å². The van der Waals surface area contributed by atoms with E-state index in [0.717, 1.165) is 6.54 Å². The molecule has 3 aliphatic rings. The van der Waals surface area contributed by atoms with Crippen LogP contribution < -0.4 is 0 Å². The van der Waals surface area contributed by atoms with Gasteiger partial charge in [0.25, 0.3) is 0 Å². The van der Waals surface area contributed by atoms with Gasteiger partial charge in [0.1, 0.15) is 0 Å². The molecule has 3 fully saturated rings. The molecule has 2 saturated heterocycles. The number of piperidine rings is 1. The molecule has 1 saturated carbocycles. The van der Waals surface area contributed by atoms with E-state index in [1.165, 1.54) is 30.4 Å². The Hall–Kier alpha value is -1.12. The fourth-order valence-electron chi connectivity index (χ4n) is 4.14. The number of hydrogen-bond donors (Lipinski definition) is 0. The largest absolute Gasteiger partial charge is 0.374 e. The molecular weight excluding hydrogens is 258 g/mol. The van der Waals surface area contributed by atoms with Gasteiger partial charge in [-0.2, -0.15) is 0 Å². The van der Waals surface area contributed by atoms with Crippen molar-refractivity contribution in [3.63, 3.8) is 0 Å². The summed E-state index contributed by atoms with van der Waals surface area (Å²) in [5.74, 6) is 1.25. The van der Waals surface area contributed by atoms with Crippen LogP contribution in [0.25, 0.3) is 0 Å². The van der Waals surface area contributed by atoms with Crippen LogP contribution in [0.5, 0.6) is 0 Å². The van der Waals surface area contributed by atoms with Crippen LogP contribution >= 0.6 is 0 Å². The van der Waals surface area contributed by atoms with Gasteiger partial charge in [0.15, 0.2) is 0 Å². The average Bonchev–Trinajstić information content (AvgIpc) is 2.75. The van der Waals surface area contributed by atoms with Crippen LogP contribution in [-0.2, 0) is 4.74 Å². The number of aryl methyl sites for hydroxylation is 1.